The van der Waals surface area contributed by atoms with Crippen LogP contribution in [0.15, 0.2) is 35.9 Å². The molecular formula is C18H21NO4. The molecule has 5 heteroatoms. The summed E-state index contributed by atoms with van der Waals surface area (Å²) in [5.41, 5.74) is 1.99. The minimum atomic E-state index is -0.268. The van der Waals surface area contributed by atoms with Gasteiger partial charge in [0.25, 0.3) is 0 Å². The summed E-state index contributed by atoms with van der Waals surface area (Å²) in [6, 6.07) is 5.77. The van der Waals surface area contributed by atoms with Gasteiger partial charge in [-0.1, -0.05) is 23.8 Å². The zero-order valence-electron chi connectivity index (χ0n) is 13.2. The minimum absolute atomic E-state index is 0.00432. The molecule has 0 unspecified atom stereocenters. The van der Waals surface area contributed by atoms with Crippen molar-refractivity contribution in [2.45, 2.75) is 25.9 Å². The lowest BCUT2D eigenvalue weighted by molar-refractivity contribution is -0.127. The Hall–Kier alpha value is -2.27. The molecule has 1 saturated heterocycles. The number of carbonyl (C=O) groups excluding carboxylic acids is 1. The highest BCUT2D eigenvalue weighted by Crippen LogP contribution is 2.33. The zero-order valence-corrected chi connectivity index (χ0v) is 13.2. The second-order valence-corrected chi connectivity index (χ2v) is 5.89. The summed E-state index contributed by atoms with van der Waals surface area (Å²) >= 11 is 0. The van der Waals surface area contributed by atoms with Gasteiger partial charge in [0, 0.05) is 19.2 Å². The molecule has 0 radical (unpaired) electrons. The predicted octanol–water partition coefficient (Wildman–Crippen LogP) is 2.36. The summed E-state index contributed by atoms with van der Waals surface area (Å²) in [7, 11) is 0. The first-order valence-corrected chi connectivity index (χ1v) is 7.85. The van der Waals surface area contributed by atoms with Crippen LogP contribution in [0, 0.1) is 0 Å². The van der Waals surface area contributed by atoms with E-state index in [1.807, 2.05) is 37.3 Å². The third-order valence-corrected chi connectivity index (χ3v) is 4.06. The molecule has 1 amide bonds. The van der Waals surface area contributed by atoms with Crippen molar-refractivity contribution in [2.24, 2.45) is 0 Å². The number of likely N-dealkylation sites (tertiary alicyclic amines) is 1. The first kappa shape index (κ1) is 15.6. The maximum atomic E-state index is 12.1. The number of benzene rings is 1. The fraction of sp³-hybridized carbons (Fsp3) is 0.389. The van der Waals surface area contributed by atoms with E-state index in [0.29, 0.717) is 25.9 Å². The van der Waals surface area contributed by atoms with E-state index in [9.17, 15) is 9.90 Å². The maximum Gasteiger partial charge on any atom is 0.246 e. The van der Waals surface area contributed by atoms with E-state index in [0.717, 1.165) is 22.6 Å². The highest BCUT2D eigenvalue weighted by molar-refractivity contribution is 5.88. The molecule has 3 rings (SSSR count). The van der Waals surface area contributed by atoms with E-state index in [-0.39, 0.29) is 18.8 Å². The number of rotatable bonds is 3. The van der Waals surface area contributed by atoms with Crippen LogP contribution in [0.5, 0.6) is 11.5 Å². The molecule has 2 aliphatic heterocycles. The number of allylic oxidation sites excluding steroid dienone is 2. The quantitative estimate of drug-likeness (QED) is 0.687. The fourth-order valence-corrected chi connectivity index (χ4v) is 2.71. The van der Waals surface area contributed by atoms with Gasteiger partial charge in [-0.05, 0) is 37.5 Å². The van der Waals surface area contributed by atoms with Crippen molar-refractivity contribution in [3.8, 4) is 11.5 Å². The molecule has 0 aliphatic carbocycles. The molecule has 2 heterocycles. The van der Waals surface area contributed by atoms with Gasteiger partial charge >= 0.3 is 0 Å². The van der Waals surface area contributed by atoms with Gasteiger partial charge in [-0.2, -0.15) is 0 Å². The molecule has 1 aromatic rings. The number of piperidine rings is 1. The lowest BCUT2D eigenvalue weighted by Crippen LogP contribution is -2.39. The molecule has 2 aliphatic rings. The van der Waals surface area contributed by atoms with Gasteiger partial charge in [-0.3, -0.25) is 4.79 Å². The summed E-state index contributed by atoms with van der Waals surface area (Å²) < 4.78 is 10.6. The summed E-state index contributed by atoms with van der Waals surface area (Å²) in [4.78, 5) is 13.9. The normalized spacial score (nSPS) is 18.7. The number of hydrogen-bond acceptors (Lipinski definition) is 4. The second kappa shape index (κ2) is 6.87. The maximum absolute atomic E-state index is 12.1. The van der Waals surface area contributed by atoms with Gasteiger partial charge in [0.15, 0.2) is 11.5 Å². The van der Waals surface area contributed by atoms with Crippen molar-refractivity contribution in [3.05, 3.63) is 41.5 Å². The highest BCUT2D eigenvalue weighted by atomic mass is 16.7. The minimum Gasteiger partial charge on any atom is -0.454 e. The Morgan fingerprint density at radius 1 is 1.22 bits per heavy atom. The van der Waals surface area contributed by atoms with E-state index in [4.69, 9.17) is 9.47 Å². The molecule has 0 atom stereocenters. The molecule has 0 spiro atoms. The van der Waals surface area contributed by atoms with Crippen LogP contribution in [0.1, 0.15) is 25.3 Å². The molecule has 23 heavy (non-hydrogen) atoms. The average molecular weight is 315 g/mol. The number of hydrogen-bond donors (Lipinski definition) is 1. The molecule has 0 bridgehead atoms. The Bertz CT molecular complexity index is 642. The van der Waals surface area contributed by atoms with Crippen LogP contribution < -0.4 is 9.47 Å². The molecule has 1 aromatic carbocycles. The molecule has 1 N–H and O–H groups in total. The fourth-order valence-electron chi connectivity index (χ4n) is 2.71. The van der Waals surface area contributed by atoms with Crippen LogP contribution >= 0.6 is 0 Å². The molecule has 0 saturated carbocycles. The summed E-state index contributed by atoms with van der Waals surface area (Å²) in [6.07, 6.45) is 6.45. The van der Waals surface area contributed by atoms with Crippen LogP contribution in [-0.4, -0.2) is 41.9 Å². The van der Waals surface area contributed by atoms with Gasteiger partial charge in [0.1, 0.15) is 0 Å². The van der Waals surface area contributed by atoms with E-state index in [1.165, 1.54) is 0 Å². The van der Waals surface area contributed by atoms with Gasteiger partial charge in [0.2, 0.25) is 12.7 Å². The van der Waals surface area contributed by atoms with Crippen molar-refractivity contribution in [3.63, 3.8) is 0 Å². The SMILES string of the molecule is CC(/C=C/C(=O)N1CCC(O)CC1)=C\c1ccc2c(c1)OCO2. The van der Waals surface area contributed by atoms with E-state index >= 15 is 0 Å². The molecule has 5 nitrogen and oxygen atoms in total. The topological polar surface area (TPSA) is 59.0 Å². The van der Waals surface area contributed by atoms with Crippen LogP contribution in [0.3, 0.4) is 0 Å². The number of aliphatic hydroxyl groups is 1. The Morgan fingerprint density at radius 3 is 2.74 bits per heavy atom. The van der Waals surface area contributed by atoms with Crippen molar-refractivity contribution >= 4 is 12.0 Å². The Morgan fingerprint density at radius 2 is 1.96 bits per heavy atom. The van der Waals surface area contributed by atoms with Crippen molar-refractivity contribution in [1.82, 2.24) is 4.90 Å². The van der Waals surface area contributed by atoms with E-state index in [2.05, 4.69) is 0 Å². The molecular weight excluding hydrogens is 294 g/mol. The second-order valence-electron chi connectivity index (χ2n) is 5.89. The van der Waals surface area contributed by atoms with E-state index < -0.39 is 0 Å². The summed E-state index contributed by atoms with van der Waals surface area (Å²) in [6.45, 7) is 3.46. The van der Waals surface area contributed by atoms with Crippen LogP contribution in [0.25, 0.3) is 6.08 Å². The first-order chi connectivity index (χ1) is 11.1. The highest BCUT2D eigenvalue weighted by Gasteiger charge is 2.19. The number of amides is 1. The standard InChI is InChI=1S/C18H21NO4/c1-13(2-5-18(21)19-8-6-15(20)7-9-19)10-14-3-4-16-17(11-14)23-12-22-16/h2-5,10-11,15,20H,6-9,12H2,1H3/b5-2+,13-10+. The monoisotopic (exact) mass is 315 g/mol. The predicted molar refractivity (Wildman–Crippen MR) is 87.2 cm³/mol. The lowest BCUT2D eigenvalue weighted by Gasteiger charge is -2.28. The number of nitrogens with zero attached hydrogens (tertiary/aromatic N) is 1. The smallest absolute Gasteiger partial charge is 0.246 e. The molecule has 122 valence electrons. The Labute approximate surface area is 135 Å². The number of carbonyl (C=O) groups is 1. The zero-order chi connectivity index (χ0) is 16.2. The van der Waals surface area contributed by atoms with Gasteiger partial charge < -0.3 is 19.5 Å². The Kier molecular flexibility index (Phi) is 4.67. The third kappa shape index (κ3) is 3.93. The van der Waals surface area contributed by atoms with Gasteiger partial charge in [-0.25, -0.2) is 0 Å². The number of ether oxygens (including phenoxy) is 2. The van der Waals surface area contributed by atoms with Crippen molar-refractivity contribution in [1.29, 1.82) is 0 Å². The van der Waals surface area contributed by atoms with Crippen molar-refractivity contribution in [2.75, 3.05) is 19.9 Å². The first-order valence-electron chi connectivity index (χ1n) is 7.85. The Balaban J connectivity index is 1.61. The molecule has 0 aromatic heterocycles. The van der Waals surface area contributed by atoms with Gasteiger partial charge in [-0.15, -0.1) is 0 Å². The van der Waals surface area contributed by atoms with Crippen LogP contribution in [-0.2, 0) is 4.79 Å². The van der Waals surface area contributed by atoms with Crippen molar-refractivity contribution < 1.29 is 19.4 Å². The average Bonchev–Trinajstić information content (AvgIpc) is 3.01. The third-order valence-electron chi connectivity index (χ3n) is 4.06. The van der Waals surface area contributed by atoms with Crippen LogP contribution in [0.2, 0.25) is 0 Å². The largest absolute Gasteiger partial charge is 0.454 e. The number of aliphatic hydroxyl groups excluding tert-OH is 1. The number of fused-ring (bicyclic) bond motifs is 1. The van der Waals surface area contributed by atoms with Gasteiger partial charge in [0.05, 0.1) is 6.10 Å². The summed E-state index contributed by atoms with van der Waals surface area (Å²) in [5.74, 6) is 1.51. The van der Waals surface area contributed by atoms with Crippen LogP contribution in [0.4, 0.5) is 0 Å². The lowest BCUT2D eigenvalue weighted by atomic mass is 10.1. The summed E-state index contributed by atoms with van der Waals surface area (Å²) in [5, 5.41) is 9.47. The van der Waals surface area contributed by atoms with E-state index in [1.54, 1.807) is 11.0 Å². The molecule has 1 fully saturated rings.